The van der Waals surface area contributed by atoms with Gasteiger partial charge in [-0.2, -0.15) is 13.2 Å². The molecule has 0 bridgehead atoms. The Kier molecular flexibility index (Phi) is 4.17. The SMILES string of the molecule is Cc1cnc(CNc2ccc(C(F)(F)F)cc2C(=O)O)s1. The predicted octanol–water partition coefficient (Wildman–Crippen LogP) is 3.78. The van der Waals surface area contributed by atoms with E-state index in [9.17, 15) is 18.0 Å². The highest BCUT2D eigenvalue weighted by Crippen LogP contribution is 2.32. The molecule has 4 nitrogen and oxygen atoms in total. The first-order valence-corrected chi connectivity index (χ1v) is 6.69. The fourth-order valence-electron chi connectivity index (χ4n) is 1.71. The number of alkyl halides is 3. The second-order valence-corrected chi connectivity index (χ2v) is 5.60. The number of hydrogen-bond donors (Lipinski definition) is 2. The van der Waals surface area contributed by atoms with Crippen LogP contribution >= 0.6 is 11.3 Å². The number of nitrogens with zero attached hydrogens (tertiary/aromatic N) is 1. The van der Waals surface area contributed by atoms with Crippen LogP contribution in [0.4, 0.5) is 18.9 Å². The van der Waals surface area contributed by atoms with E-state index in [1.54, 1.807) is 6.20 Å². The van der Waals surface area contributed by atoms with Crippen molar-refractivity contribution in [2.45, 2.75) is 19.6 Å². The molecule has 0 unspecified atom stereocenters. The second kappa shape index (κ2) is 5.72. The van der Waals surface area contributed by atoms with Crippen LogP contribution in [0.1, 0.15) is 25.8 Å². The van der Waals surface area contributed by atoms with Crippen molar-refractivity contribution in [3.05, 3.63) is 45.4 Å². The molecule has 1 heterocycles. The molecule has 0 aliphatic carbocycles. The Labute approximate surface area is 122 Å². The third-order valence-corrected chi connectivity index (χ3v) is 3.59. The highest BCUT2D eigenvalue weighted by molar-refractivity contribution is 7.11. The molecule has 112 valence electrons. The zero-order valence-corrected chi connectivity index (χ0v) is 11.7. The summed E-state index contributed by atoms with van der Waals surface area (Å²) in [6.45, 7) is 2.13. The average molecular weight is 316 g/mol. The minimum atomic E-state index is -4.57. The summed E-state index contributed by atoms with van der Waals surface area (Å²) in [5.41, 5.74) is -1.28. The normalized spacial score (nSPS) is 11.4. The Hall–Kier alpha value is -2.09. The maximum absolute atomic E-state index is 12.6. The fraction of sp³-hybridized carbons (Fsp3) is 0.231. The highest BCUT2D eigenvalue weighted by atomic mass is 32.1. The lowest BCUT2D eigenvalue weighted by Crippen LogP contribution is -2.11. The number of aromatic nitrogens is 1. The fourth-order valence-corrected chi connectivity index (χ4v) is 2.43. The van der Waals surface area contributed by atoms with E-state index in [2.05, 4.69) is 10.3 Å². The molecule has 0 saturated heterocycles. The first kappa shape index (κ1) is 15.3. The number of aromatic carboxylic acids is 1. The summed E-state index contributed by atoms with van der Waals surface area (Å²) < 4.78 is 37.8. The number of halogens is 3. The molecule has 0 spiro atoms. The van der Waals surface area contributed by atoms with Crippen molar-refractivity contribution in [3.63, 3.8) is 0 Å². The Bertz CT molecular complexity index is 668. The molecule has 0 aliphatic rings. The van der Waals surface area contributed by atoms with Crippen LogP contribution in [0.15, 0.2) is 24.4 Å². The number of thiazole rings is 1. The van der Waals surface area contributed by atoms with E-state index >= 15 is 0 Å². The van der Waals surface area contributed by atoms with Crippen LogP contribution < -0.4 is 5.32 Å². The Morgan fingerprint density at radius 1 is 1.43 bits per heavy atom. The molecular weight excluding hydrogens is 305 g/mol. The van der Waals surface area contributed by atoms with Gasteiger partial charge in [0.05, 0.1) is 17.7 Å². The quantitative estimate of drug-likeness (QED) is 0.901. The number of rotatable bonds is 4. The van der Waals surface area contributed by atoms with Crippen molar-refractivity contribution in [2.24, 2.45) is 0 Å². The molecule has 1 aromatic heterocycles. The largest absolute Gasteiger partial charge is 0.478 e. The molecule has 0 amide bonds. The lowest BCUT2D eigenvalue weighted by Gasteiger charge is -2.12. The van der Waals surface area contributed by atoms with Gasteiger partial charge in [-0.15, -0.1) is 11.3 Å². The van der Waals surface area contributed by atoms with Gasteiger partial charge in [-0.1, -0.05) is 0 Å². The number of anilines is 1. The lowest BCUT2D eigenvalue weighted by molar-refractivity contribution is -0.137. The van der Waals surface area contributed by atoms with Crippen molar-refractivity contribution in [1.82, 2.24) is 4.98 Å². The van der Waals surface area contributed by atoms with E-state index in [1.807, 2.05) is 6.92 Å². The highest BCUT2D eigenvalue weighted by Gasteiger charge is 2.31. The average Bonchev–Trinajstić information content (AvgIpc) is 2.80. The van der Waals surface area contributed by atoms with Gasteiger partial charge in [0, 0.05) is 16.8 Å². The summed E-state index contributed by atoms with van der Waals surface area (Å²) in [7, 11) is 0. The number of hydrogen-bond acceptors (Lipinski definition) is 4. The summed E-state index contributed by atoms with van der Waals surface area (Å²) in [6.07, 6.45) is -2.90. The van der Waals surface area contributed by atoms with Gasteiger partial charge in [-0.05, 0) is 25.1 Å². The summed E-state index contributed by atoms with van der Waals surface area (Å²) in [5, 5.41) is 12.6. The topological polar surface area (TPSA) is 62.2 Å². The van der Waals surface area contributed by atoms with Gasteiger partial charge in [0.2, 0.25) is 0 Å². The van der Waals surface area contributed by atoms with Crippen LogP contribution in [0.5, 0.6) is 0 Å². The van der Waals surface area contributed by atoms with Gasteiger partial charge >= 0.3 is 12.1 Å². The van der Waals surface area contributed by atoms with Crippen LogP contribution in [0.25, 0.3) is 0 Å². The van der Waals surface area contributed by atoms with E-state index in [1.165, 1.54) is 11.3 Å². The standard InChI is InChI=1S/C13H11F3N2O2S/c1-7-5-18-11(21-7)6-17-10-3-2-8(13(14,15)16)4-9(10)12(19)20/h2-5,17H,6H2,1H3,(H,19,20). The molecular formula is C13H11F3N2O2S. The molecule has 0 radical (unpaired) electrons. The van der Waals surface area contributed by atoms with E-state index in [0.29, 0.717) is 6.07 Å². The van der Waals surface area contributed by atoms with Crippen LogP contribution in [-0.2, 0) is 12.7 Å². The maximum Gasteiger partial charge on any atom is 0.416 e. The Morgan fingerprint density at radius 2 is 2.14 bits per heavy atom. The molecule has 1 aromatic carbocycles. The Balaban J connectivity index is 2.24. The third kappa shape index (κ3) is 3.72. The van der Waals surface area contributed by atoms with E-state index in [4.69, 9.17) is 5.11 Å². The van der Waals surface area contributed by atoms with Gasteiger partial charge < -0.3 is 10.4 Å². The van der Waals surface area contributed by atoms with E-state index in [-0.39, 0.29) is 12.2 Å². The van der Waals surface area contributed by atoms with Crippen LogP contribution in [0.3, 0.4) is 0 Å². The number of carbonyl (C=O) groups is 1. The monoisotopic (exact) mass is 316 g/mol. The zero-order valence-electron chi connectivity index (χ0n) is 10.9. The van der Waals surface area contributed by atoms with Crippen molar-refractivity contribution >= 4 is 23.0 Å². The second-order valence-electron chi connectivity index (χ2n) is 4.28. The third-order valence-electron chi connectivity index (χ3n) is 2.68. The van der Waals surface area contributed by atoms with Crippen LogP contribution in [0.2, 0.25) is 0 Å². The minimum absolute atomic E-state index is 0.128. The summed E-state index contributed by atoms with van der Waals surface area (Å²) in [6, 6.07) is 2.59. The van der Waals surface area contributed by atoms with Crippen molar-refractivity contribution in [2.75, 3.05) is 5.32 Å². The van der Waals surface area contributed by atoms with Crippen molar-refractivity contribution in [3.8, 4) is 0 Å². The molecule has 21 heavy (non-hydrogen) atoms. The van der Waals surface area contributed by atoms with Gasteiger partial charge in [0.15, 0.2) is 0 Å². The molecule has 2 aromatic rings. The van der Waals surface area contributed by atoms with Crippen LogP contribution in [0, 0.1) is 6.92 Å². The molecule has 8 heteroatoms. The molecule has 2 rings (SSSR count). The van der Waals surface area contributed by atoms with Crippen LogP contribution in [-0.4, -0.2) is 16.1 Å². The minimum Gasteiger partial charge on any atom is -0.478 e. The number of aryl methyl sites for hydroxylation is 1. The van der Waals surface area contributed by atoms with Gasteiger partial charge in [-0.3, -0.25) is 0 Å². The van der Waals surface area contributed by atoms with E-state index in [0.717, 1.165) is 22.0 Å². The molecule has 0 saturated carbocycles. The summed E-state index contributed by atoms with van der Waals surface area (Å²) >= 11 is 1.43. The van der Waals surface area contributed by atoms with Gasteiger partial charge in [0.25, 0.3) is 0 Å². The number of carboxylic acid groups (broad SMARTS) is 1. The summed E-state index contributed by atoms with van der Waals surface area (Å²) in [5.74, 6) is -1.42. The first-order chi connectivity index (χ1) is 9.77. The molecule has 0 aliphatic heterocycles. The van der Waals surface area contributed by atoms with Gasteiger partial charge in [-0.25, -0.2) is 9.78 Å². The smallest absolute Gasteiger partial charge is 0.416 e. The molecule has 0 atom stereocenters. The molecule has 0 fully saturated rings. The Morgan fingerprint density at radius 3 is 2.67 bits per heavy atom. The summed E-state index contributed by atoms with van der Waals surface area (Å²) in [4.78, 5) is 16.2. The number of carboxylic acids is 1. The zero-order chi connectivity index (χ0) is 15.6. The molecule has 2 N–H and O–H groups in total. The first-order valence-electron chi connectivity index (χ1n) is 5.87. The number of benzene rings is 1. The predicted molar refractivity (Wildman–Crippen MR) is 72.6 cm³/mol. The number of nitrogens with one attached hydrogen (secondary N) is 1. The van der Waals surface area contributed by atoms with Crippen molar-refractivity contribution in [1.29, 1.82) is 0 Å². The van der Waals surface area contributed by atoms with Crippen molar-refractivity contribution < 1.29 is 23.1 Å². The van der Waals surface area contributed by atoms with E-state index < -0.39 is 23.3 Å². The van der Waals surface area contributed by atoms with Gasteiger partial charge in [0.1, 0.15) is 5.01 Å². The maximum atomic E-state index is 12.6. The lowest BCUT2D eigenvalue weighted by atomic mass is 10.1.